The van der Waals surface area contributed by atoms with Gasteiger partial charge in [0.2, 0.25) is 0 Å². The van der Waals surface area contributed by atoms with E-state index in [2.05, 4.69) is 5.32 Å². The summed E-state index contributed by atoms with van der Waals surface area (Å²) in [5.41, 5.74) is 2.56. The first kappa shape index (κ1) is 14.4. The van der Waals surface area contributed by atoms with Crippen molar-refractivity contribution < 1.29 is 9.53 Å². The Hall–Kier alpha value is -1.03. The molecule has 2 rings (SSSR count). The van der Waals surface area contributed by atoms with Crippen LogP contribution < -0.4 is 5.32 Å². The summed E-state index contributed by atoms with van der Waals surface area (Å²) >= 11 is 11.9. The lowest BCUT2D eigenvalue weighted by Crippen LogP contribution is -2.28. The van der Waals surface area contributed by atoms with E-state index in [-0.39, 0.29) is 5.97 Å². The van der Waals surface area contributed by atoms with E-state index in [1.807, 2.05) is 6.07 Å². The van der Waals surface area contributed by atoms with Crippen LogP contribution in [0.1, 0.15) is 18.9 Å². The van der Waals surface area contributed by atoms with E-state index in [4.69, 9.17) is 27.9 Å². The molecule has 0 unspecified atom stereocenters. The van der Waals surface area contributed by atoms with Gasteiger partial charge in [-0.25, -0.2) is 4.79 Å². The number of carbonyl (C=O) groups is 1. The summed E-state index contributed by atoms with van der Waals surface area (Å²) in [7, 11) is 0. The van der Waals surface area contributed by atoms with Crippen molar-refractivity contribution in [1.29, 1.82) is 0 Å². The molecule has 0 saturated heterocycles. The van der Waals surface area contributed by atoms with Gasteiger partial charge in [-0.2, -0.15) is 0 Å². The van der Waals surface area contributed by atoms with Crippen LogP contribution in [0.15, 0.2) is 23.8 Å². The molecule has 0 bridgehead atoms. The number of esters is 1. The summed E-state index contributed by atoms with van der Waals surface area (Å²) in [6.45, 7) is 3.59. The van der Waals surface area contributed by atoms with Crippen molar-refractivity contribution >= 4 is 34.7 Å². The second kappa shape index (κ2) is 6.42. The number of hydrogen-bond donors (Lipinski definition) is 1. The summed E-state index contributed by atoms with van der Waals surface area (Å²) in [6, 6.07) is 5.39. The van der Waals surface area contributed by atoms with Crippen molar-refractivity contribution in [2.45, 2.75) is 13.3 Å². The highest BCUT2D eigenvalue weighted by Crippen LogP contribution is 2.29. The number of ether oxygens (including phenoxy) is 1. The van der Waals surface area contributed by atoms with Crippen LogP contribution in [0.3, 0.4) is 0 Å². The summed E-state index contributed by atoms with van der Waals surface area (Å²) in [5, 5.41) is 4.25. The Kier molecular flexibility index (Phi) is 4.86. The minimum absolute atomic E-state index is 0.245. The van der Waals surface area contributed by atoms with Gasteiger partial charge < -0.3 is 10.1 Å². The zero-order valence-corrected chi connectivity index (χ0v) is 12.1. The van der Waals surface area contributed by atoms with E-state index < -0.39 is 0 Å². The first-order chi connectivity index (χ1) is 9.13. The fourth-order valence-electron chi connectivity index (χ4n) is 2.09. The summed E-state index contributed by atoms with van der Waals surface area (Å²) in [5.74, 6) is -0.245. The molecule has 1 aromatic rings. The molecule has 1 aromatic carbocycles. The summed E-state index contributed by atoms with van der Waals surface area (Å²) in [6.07, 6.45) is 0.661. The van der Waals surface area contributed by atoms with E-state index >= 15 is 0 Å². The lowest BCUT2D eigenvalue weighted by molar-refractivity contribution is -0.138. The van der Waals surface area contributed by atoms with Gasteiger partial charge in [-0.05, 0) is 43.2 Å². The molecule has 1 N–H and O–H groups in total. The Bertz CT molecular complexity index is 526. The van der Waals surface area contributed by atoms with Crippen LogP contribution in [-0.4, -0.2) is 25.7 Å². The summed E-state index contributed by atoms with van der Waals surface area (Å²) < 4.78 is 5.10. The zero-order chi connectivity index (χ0) is 13.8. The number of carbonyl (C=O) groups excluding carboxylic acids is 1. The Balaban J connectivity index is 2.41. The van der Waals surface area contributed by atoms with Crippen molar-refractivity contribution in [2.24, 2.45) is 0 Å². The van der Waals surface area contributed by atoms with Crippen LogP contribution in [0.2, 0.25) is 10.0 Å². The maximum Gasteiger partial charge on any atom is 0.334 e. The normalized spacial score (nSPS) is 15.5. The van der Waals surface area contributed by atoms with Crippen LogP contribution in [0.4, 0.5) is 0 Å². The first-order valence-corrected chi connectivity index (χ1v) is 6.94. The second-order valence-electron chi connectivity index (χ2n) is 4.23. The largest absolute Gasteiger partial charge is 0.463 e. The number of nitrogens with one attached hydrogen (secondary N) is 1. The summed E-state index contributed by atoms with van der Waals surface area (Å²) in [4.78, 5) is 12.0. The molecule has 0 aliphatic carbocycles. The zero-order valence-electron chi connectivity index (χ0n) is 10.6. The Morgan fingerprint density at radius 3 is 2.84 bits per heavy atom. The predicted molar refractivity (Wildman–Crippen MR) is 77.5 cm³/mol. The van der Waals surface area contributed by atoms with Gasteiger partial charge in [-0.1, -0.05) is 29.3 Å². The van der Waals surface area contributed by atoms with Crippen LogP contribution >= 0.6 is 23.2 Å². The van der Waals surface area contributed by atoms with E-state index in [1.165, 1.54) is 0 Å². The monoisotopic (exact) mass is 299 g/mol. The lowest BCUT2D eigenvalue weighted by atomic mass is 9.95. The highest BCUT2D eigenvalue weighted by Gasteiger charge is 2.21. The molecule has 1 heterocycles. The molecule has 19 heavy (non-hydrogen) atoms. The fraction of sp³-hybridized carbons (Fsp3) is 0.357. The van der Waals surface area contributed by atoms with Crippen LogP contribution in [0.5, 0.6) is 0 Å². The predicted octanol–water partition coefficient (Wildman–Crippen LogP) is 3.30. The molecule has 0 amide bonds. The van der Waals surface area contributed by atoms with E-state index in [1.54, 1.807) is 19.1 Å². The van der Waals surface area contributed by atoms with E-state index in [9.17, 15) is 4.79 Å². The maximum absolute atomic E-state index is 12.0. The average Bonchev–Trinajstić information content (AvgIpc) is 2.42. The minimum atomic E-state index is -0.245. The Morgan fingerprint density at radius 1 is 1.37 bits per heavy atom. The van der Waals surface area contributed by atoms with Gasteiger partial charge in [-0.15, -0.1) is 0 Å². The standard InChI is InChI=1S/C14H15Cl2NO2/c1-2-19-14(18)10-5-6-17-8-11(10)9-3-4-12(15)13(16)7-9/h3-4,7,17H,2,5-6,8H2,1H3. The number of rotatable bonds is 3. The number of benzene rings is 1. The highest BCUT2D eigenvalue weighted by atomic mass is 35.5. The van der Waals surface area contributed by atoms with E-state index in [0.717, 1.165) is 23.3 Å². The van der Waals surface area contributed by atoms with Gasteiger partial charge >= 0.3 is 5.97 Å². The molecule has 1 aliphatic heterocycles. The first-order valence-electron chi connectivity index (χ1n) is 6.18. The van der Waals surface area contributed by atoms with Crippen molar-refractivity contribution in [3.63, 3.8) is 0 Å². The molecular weight excluding hydrogens is 285 g/mol. The molecule has 0 spiro atoms. The second-order valence-corrected chi connectivity index (χ2v) is 5.05. The molecule has 0 radical (unpaired) electrons. The van der Waals surface area contributed by atoms with Gasteiger partial charge in [0.1, 0.15) is 0 Å². The molecule has 5 heteroatoms. The van der Waals surface area contributed by atoms with Crippen molar-refractivity contribution in [3.05, 3.63) is 39.4 Å². The molecule has 102 valence electrons. The molecule has 0 fully saturated rings. The smallest absolute Gasteiger partial charge is 0.334 e. The Morgan fingerprint density at radius 2 is 2.16 bits per heavy atom. The van der Waals surface area contributed by atoms with E-state index in [0.29, 0.717) is 29.6 Å². The molecule has 3 nitrogen and oxygen atoms in total. The third-order valence-electron chi connectivity index (χ3n) is 3.01. The fourth-order valence-corrected chi connectivity index (χ4v) is 2.39. The SMILES string of the molecule is CCOC(=O)C1=C(c2ccc(Cl)c(Cl)c2)CNCC1. The van der Waals surface area contributed by atoms with Crippen molar-refractivity contribution in [2.75, 3.05) is 19.7 Å². The third kappa shape index (κ3) is 3.30. The van der Waals surface area contributed by atoms with Crippen molar-refractivity contribution in [1.82, 2.24) is 5.32 Å². The van der Waals surface area contributed by atoms with Gasteiger partial charge in [0, 0.05) is 12.1 Å². The maximum atomic E-state index is 12.0. The van der Waals surface area contributed by atoms with Crippen LogP contribution in [0, 0.1) is 0 Å². The quantitative estimate of drug-likeness (QED) is 0.870. The van der Waals surface area contributed by atoms with Crippen molar-refractivity contribution in [3.8, 4) is 0 Å². The van der Waals surface area contributed by atoms with Gasteiger partial charge in [-0.3, -0.25) is 0 Å². The molecular formula is C14H15Cl2NO2. The minimum Gasteiger partial charge on any atom is -0.463 e. The third-order valence-corrected chi connectivity index (χ3v) is 3.75. The molecule has 0 atom stereocenters. The van der Waals surface area contributed by atoms with Crippen LogP contribution in [-0.2, 0) is 9.53 Å². The lowest BCUT2D eigenvalue weighted by Gasteiger charge is -2.20. The molecule has 0 aromatic heterocycles. The molecule has 1 aliphatic rings. The molecule has 0 saturated carbocycles. The Labute approximate surface area is 122 Å². The van der Waals surface area contributed by atoms with Crippen LogP contribution in [0.25, 0.3) is 5.57 Å². The average molecular weight is 300 g/mol. The number of halogens is 2. The van der Waals surface area contributed by atoms with Gasteiger partial charge in [0.25, 0.3) is 0 Å². The highest BCUT2D eigenvalue weighted by molar-refractivity contribution is 6.42. The van der Waals surface area contributed by atoms with Gasteiger partial charge in [0.15, 0.2) is 0 Å². The number of hydrogen-bond acceptors (Lipinski definition) is 3. The topological polar surface area (TPSA) is 38.3 Å². The van der Waals surface area contributed by atoms with Gasteiger partial charge in [0.05, 0.1) is 16.7 Å².